The van der Waals surface area contributed by atoms with E-state index in [0.717, 1.165) is 5.56 Å². The van der Waals surface area contributed by atoms with Crippen LogP contribution in [-0.2, 0) is 4.79 Å². The van der Waals surface area contributed by atoms with Crippen LogP contribution in [0.1, 0.15) is 5.56 Å². The largest absolute Gasteiger partial charge is 0.494 e. The van der Waals surface area contributed by atoms with Crippen molar-refractivity contribution in [3.05, 3.63) is 36.0 Å². The quantitative estimate of drug-likeness (QED) is 0.809. The number of guanidine groups is 1. The van der Waals surface area contributed by atoms with Gasteiger partial charge in [-0.25, -0.2) is 4.99 Å². The van der Waals surface area contributed by atoms with E-state index < -0.39 is 5.91 Å². The summed E-state index contributed by atoms with van der Waals surface area (Å²) in [6.07, 6.45) is 0. The molecular weight excluding hydrogens is 232 g/mol. The maximum atomic E-state index is 11.3. The van der Waals surface area contributed by atoms with Crippen molar-refractivity contribution in [1.82, 2.24) is 5.32 Å². The first-order chi connectivity index (χ1) is 8.60. The fourth-order valence-corrected chi connectivity index (χ4v) is 1.40. The number of hydrogen-bond donors (Lipinski definition) is 1. The predicted octanol–water partition coefficient (Wildman–Crippen LogP) is 2.09. The second-order valence-corrected chi connectivity index (χ2v) is 3.71. The molecule has 0 unspecified atom stereocenters. The summed E-state index contributed by atoms with van der Waals surface area (Å²) in [7, 11) is 1.55. The van der Waals surface area contributed by atoms with E-state index in [1.54, 1.807) is 13.2 Å². The molecule has 1 aromatic carbocycles. The minimum Gasteiger partial charge on any atom is -0.494 e. The highest BCUT2D eigenvalue weighted by Gasteiger charge is 2.15. The Morgan fingerprint density at radius 1 is 1.39 bits per heavy atom. The number of amides is 1. The van der Waals surface area contributed by atoms with Gasteiger partial charge in [0.25, 0.3) is 5.91 Å². The molecule has 6 heteroatoms. The fourth-order valence-electron chi connectivity index (χ4n) is 1.40. The summed E-state index contributed by atoms with van der Waals surface area (Å²) in [6.45, 7) is 5.37. The maximum Gasteiger partial charge on any atom is 0.277 e. The van der Waals surface area contributed by atoms with Crippen molar-refractivity contribution in [2.24, 2.45) is 15.2 Å². The van der Waals surface area contributed by atoms with Gasteiger partial charge in [0.2, 0.25) is 5.96 Å². The molecule has 0 spiro atoms. The number of nitrogens with zero attached hydrogens (tertiary/aromatic N) is 3. The Labute approximate surface area is 104 Å². The molecule has 18 heavy (non-hydrogen) atoms. The summed E-state index contributed by atoms with van der Waals surface area (Å²) in [5.74, 6) is 0.314. The molecule has 0 fully saturated rings. The number of ether oxygens (including phenoxy) is 1. The lowest BCUT2D eigenvalue weighted by molar-refractivity contribution is -0.116. The third-order valence-electron chi connectivity index (χ3n) is 2.31. The number of methoxy groups -OCH3 is 1. The van der Waals surface area contributed by atoms with Crippen LogP contribution in [0.25, 0.3) is 0 Å². The maximum absolute atomic E-state index is 11.3. The molecule has 1 aliphatic heterocycles. The number of carbonyl (C=O) groups is 1. The van der Waals surface area contributed by atoms with Gasteiger partial charge in [0.1, 0.15) is 17.1 Å². The van der Waals surface area contributed by atoms with Crippen molar-refractivity contribution < 1.29 is 9.53 Å². The second kappa shape index (κ2) is 4.79. The van der Waals surface area contributed by atoms with Crippen LogP contribution in [0.5, 0.6) is 5.75 Å². The highest BCUT2D eigenvalue weighted by molar-refractivity contribution is 6.07. The zero-order valence-electron chi connectivity index (χ0n) is 10.1. The van der Waals surface area contributed by atoms with Gasteiger partial charge in [-0.3, -0.25) is 10.1 Å². The molecule has 1 aliphatic rings. The molecular formula is C12H12N4O2. The van der Waals surface area contributed by atoms with E-state index in [-0.39, 0.29) is 11.7 Å². The highest BCUT2D eigenvalue weighted by atomic mass is 16.5. The average molecular weight is 244 g/mol. The molecule has 1 N–H and O–H groups in total. The Bertz CT molecular complexity index is 575. The monoisotopic (exact) mass is 244 g/mol. The first kappa shape index (κ1) is 12.0. The number of carbonyl (C=O) groups excluding carboxylic acids is 1. The van der Waals surface area contributed by atoms with Crippen LogP contribution in [0.3, 0.4) is 0 Å². The Kier molecular flexibility index (Phi) is 3.18. The minimum absolute atomic E-state index is 0.0603. The van der Waals surface area contributed by atoms with Crippen molar-refractivity contribution in [2.45, 2.75) is 6.92 Å². The summed E-state index contributed by atoms with van der Waals surface area (Å²) in [6, 6.07) is 5.54. The molecule has 1 aromatic rings. The summed E-state index contributed by atoms with van der Waals surface area (Å²) in [5, 5.41) is 9.84. The van der Waals surface area contributed by atoms with E-state index in [1.807, 2.05) is 19.1 Å². The van der Waals surface area contributed by atoms with Gasteiger partial charge in [0.05, 0.1) is 7.11 Å². The second-order valence-electron chi connectivity index (χ2n) is 3.71. The Balaban J connectivity index is 2.39. The van der Waals surface area contributed by atoms with Gasteiger partial charge in [-0.15, -0.1) is 10.2 Å². The van der Waals surface area contributed by atoms with Crippen molar-refractivity contribution in [1.29, 1.82) is 0 Å². The van der Waals surface area contributed by atoms with E-state index in [2.05, 4.69) is 27.1 Å². The zero-order chi connectivity index (χ0) is 13.1. The molecule has 92 valence electrons. The van der Waals surface area contributed by atoms with Crippen LogP contribution in [0.15, 0.2) is 45.7 Å². The van der Waals surface area contributed by atoms with Gasteiger partial charge in [0, 0.05) is 0 Å². The SMILES string of the molecule is C=C1N=NC(=Nc2cc(C)ccc2OC)NC1=O. The third kappa shape index (κ3) is 2.42. The molecule has 1 heterocycles. The van der Waals surface area contributed by atoms with Crippen molar-refractivity contribution in [3.8, 4) is 5.75 Å². The molecule has 0 radical (unpaired) electrons. The van der Waals surface area contributed by atoms with E-state index in [1.165, 1.54) is 0 Å². The number of aryl methyl sites for hydroxylation is 1. The highest BCUT2D eigenvalue weighted by Crippen LogP contribution is 2.28. The van der Waals surface area contributed by atoms with Crippen LogP contribution in [0, 0.1) is 6.92 Å². The summed E-state index contributed by atoms with van der Waals surface area (Å²) in [5.41, 5.74) is 1.67. The number of rotatable bonds is 2. The van der Waals surface area contributed by atoms with Crippen LogP contribution < -0.4 is 10.1 Å². The van der Waals surface area contributed by atoms with Gasteiger partial charge in [-0.1, -0.05) is 12.6 Å². The number of nitrogens with one attached hydrogen (secondary N) is 1. The molecule has 0 aromatic heterocycles. The minimum atomic E-state index is -0.407. The van der Waals surface area contributed by atoms with Gasteiger partial charge in [-0.05, 0) is 24.6 Å². The van der Waals surface area contributed by atoms with Gasteiger partial charge >= 0.3 is 0 Å². The molecule has 0 aliphatic carbocycles. The standard InChI is InChI=1S/C12H12N4O2/c1-7-4-5-10(18-3)9(6-7)13-12-14-11(17)8(2)15-16-12/h4-6H,2H2,1,3H3,(H,13,14,17). The molecule has 2 rings (SSSR count). The predicted molar refractivity (Wildman–Crippen MR) is 67.0 cm³/mol. The molecule has 6 nitrogen and oxygen atoms in total. The van der Waals surface area contributed by atoms with E-state index in [4.69, 9.17) is 4.74 Å². The number of benzene rings is 1. The lowest BCUT2D eigenvalue weighted by Crippen LogP contribution is -2.32. The van der Waals surface area contributed by atoms with Crippen LogP contribution in [-0.4, -0.2) is 19.0 Å². The van der Waals surface area contributed by atoms with Crippen molar-refractivity contribution >= 4 is 17.6 Å². The van der Waals surface area contributed by atoms with Crippen molar-refractivity contribution in [3.63, 3.8) is 0 Å². The Morgan fingerprint density at radius 2 is 2.17 bits per heavy atom. The van der Waals surface area contributed by atoms with E-state index in [9.17, 15) is 4.79 Å². The van der Waals surface area contributed by atoms with Crippen LogP contribution in [0.4, 0.5) is 5.69 Å². The smallest absolute Gasteiger partial charge is 0.277 e. The van der Waals surface area contributed by atoms with Crippen molar-refractivity contribution in [2.75, 3.05) is 7.11 Å². The average Bonchev–Trinajstić information content (AvgIpc) is 2.34. The zero-order valence-corrected chi connectivity index (χ0v) is 10.1. The first-order valence-electron chi connectivity index (χ1n) is 5.25. The Hall–Kier alpha value is -2.50. The molecule has 0 saturated carbocycles. The molecule has 1 amide bonds. The topological polar surface area (TPSA) is 75.4 Å². The molecule has 0 bridgehead atoms. The van der Waals surface area contributed by atoms with Gasteiger partial charge in [0.15, 0.2) is 0 Å². The molecule has 0 atom stereocenters. The van der Waals surface area contributed by atoms with Crippen LogP contribution in [0.2, 0.25) is 0 Å². The third-order valence-corrected chi connectivity index (χ3v) is 2.31. The van der Waals surface area contributed by atoms with Gasteiger partial charge in [-0.2, -0.15) is 0 Å². The Morgan fingerprint density at radius 3 is 2.83 bits per heavy atom. The summed E-state index contributed by atoms with van der Waals surface area (Å²) >= 11 is 0. The summed E-state index contributed by atoms with van der Waals surface area (Å²) in [4.78, 5) is 15.5. The van der Waals surface area contributed by atoms with E-state index >= 15 is 0 Å². The van der Waals surface area contributed by atoms with Crippen LogP contribution >= 0.6 is 0 Å². The lowest BCUT2D eigenvalue weighted by atomic mass is 10.2. The molecule has 0 saturated heterocycles. The number of hydrogen-bond acceptors (Lipinski definition) is 4. The van der Waals surface area contributed by atoms with E-state index in [0.29, 0.717) is 11.4 Å². The summed E-state index contributed by atoms with van der Waals surface area (Å²) < 4.78 is 5.18. The number of aliphatic imine (C=N–C) groups is 1. The lowest BCUT2D eigenvalue weighted by Gasteiger charge is -2.09. The fraction of sp³-hybridized carbons (Fsp3) is 0.167. The normalized spacial score (nSPS) is 16.9. The number of azo groups is 1. The first-order valence-corrected chi connectivity index (χ1v) is 5.25. The van der Waals surface area contributed by atoms with Gasteiger partial charge < -0.3 is 4.74 Å².